The summed E-state index contributed by atoms with van der Waals surface area (Å²) >= 11 is 0. The second kappa shape index (κ2) is 9.51. The number of nitrogens with one attached hydrogen (secondary N) is 2. The molecule has 0 radical (unpaired) electrons. The number of ether oxygens (including phenoxy) is 1. The topological polar surface area (TPSA) is 97.7 Å². The number of hydrogen-bond acceptors (Lipinski definition) is 6. The van der Waals surface area contributed by atoms with E-state index in [9.17, 15) is 4.79 Å². The van der Waals surface area contributed by atoms with Crippen molar-refractivity contribution in [2.45, 2.75) is 12.5 Å². The summed E-state index contributed by atoms with van der Waals surface area (Å²) in [5, 5.41) is 9.32. The van der Waals surface area contributed by atoms with Gasteiger partial charge in [-0.1, -0.05) is 53.7 Å². The highest BCUT2D eigenvalue weighted by Crippen LogP contribution is 2.30. The molecule has 3 aromatic rings. The van der Waals surface area contributed by atoms with Crippen molar-refractivity contribution in [3.05, 3.63) is 73.1 Å². The fourth-order valence-corrected chi connectivity index (χ4v) is 3.00. The van der Waals surface area contributed by atoms with Crippen molar-refractivity contribution < 1.29 is 14.4 Å². The van der Waals surface area contributed by atoms with Crippen molar-refractivity contribution in [1.29, 1.82) is 0 Å². The second-order valence-electron chi connectivity index (χ2n) is 6.64. The lowest BCUT2D eigenvalue weighted by Crippen LogP contribution is -2.34. The fraction of sp³-hybridized carbons (Fsp3) is 0.182. The molecule has 30 heavy (non-hydrogen) atoms. The quantitative estimate of drug-likeness (QED) is 0.629. The molecule has 0 saturated carbocycles. The van der Waals surface area contributed by atoms with E-state index in [2.05, 4.69) is 25.8 Å². The minimum absolute atomic E-state index is 0.203. The van der Waals surface area contributed by atoms with Crippen LogP contribution < -0.4 is 15.4 Å². The molecule has 8 nitrogen and oxygen atoms in total. The average molecular weight is 403 g/mol. The Bertz CT molecular complexity index is 1010. The van der Waals surface area contributed by atoms with E-state index in [0.29, 0.717) is 13.0 Å². The van der Waals surface area contributed by atoms with E-state index in [1.54, 1.807) is 18.5 Å². The number of carbonyl (C=O) groups excluding carboxylic acids is 1. The van der Waals surface area contributed by atoms with Gasteiger partial charge in [-0.3, -0.25) is 5.32 Å². The van der Waals surface area contributed by atoms with E-state index in [1.807, 2.05) is 54.6 Å². The molecule has 8 heteroatoms. The van der Waals surface area contributed by atoms with Crippen LogP contribution in [-0.4, -0.2) is 41.0 Å². The van der Waals surface area contributed by atoms with Crippen LogP contribution in [0.4, 0.5) is 10.7 Å². The summed E-state index contributed by atoms with van der Waals surface area (Å²) in [5.41, 5.74) is 2.86. The van der Waals surface area contributed by atoms with Gasteiger partial charge in [0.25, 0.3) is 0 Å². The van der Waals surface area contributed by atoms with Crippen LogP contribution in [0.25, 0.3) is 11.1 Å². The van der Waals surface area contributed by atoms with Gasteiger partial charge in [-0.05, 0) is 17.7 Å². The highest BCUT2D eigenvalue weighted by atomic mass is 16.7. The van der Waals surface area contributed by atoms with Crippen molar-refractivity contribution in [2.24, 2.45) is 5.16 Å². The molecule has 0 bridgehead atoms. The molecular weight excluding hydrogens is 382 g/mol. The molecule has 1 aromatic heterocycles. The maximum atomic E-state index is 11.9. The van der Waals surface area contributed by atoms with Crippen LogP contribution in [0.5, 0.6) is 5.75 Å². The first kappa shape index (κ1) is 19.4. The van der Waals surface area contributed by atoms with Crippen LogP contribution in [0.15, 0.2) is 78.2 Å². The van der Waals surface area contributed by atoms with Crippen LogP contribution in [0, 0.1) is 0 Å². The first-order valence-corrected chi connectivity index (χ1v) is 9.58. The molecule has 2 aromatic carbocycles. The molecule has 0 saturated heterocycles. The lowest BCUT2D eigenvalue weighted by atomic mass is 10.0. The highest BCUT2D eigenvalue weighted by Gasteiger charge is 2.22. The molecule has 2 heterocycles. The van der Waals surface area contributed by atoms with Crippen molar-refractivity contribution in [1.82, 2.24) is 15.3 Å². The van der Waals surface area contributed by atoms with Crippen LogP contribution in [0.3, 0.4) is 0 Å². The Hall–Kier alpha value is -3.94. The molecule has 0 spiro atoms. The van der Waals surface area contributed by atoms with Gasteiger partial charge in [-0.15, -0.1) is 0 Å². The van der Waals surface area contributed by atoms with E-state index in [0.717, 1.165) is 22.6 Å². The number of carbonyl (C=O) groups is 1. The SMILES string of the molecule is O=C(NCC1=NOC(COc2ccccc2-c2ccccc2)C1)Nc1ncccn1. The molecule has 0 fully saturated rings. The predicted octanol–water partition coefficient (Wildman–Crippen LogP) is 3.49. The van der Waals surface area contributed by atoms with Gasteiger partial charge in [0.15, 0.2) is 6.10 Å². The van der Waals surface area contributed by atoms with E-state index < -0.39 is 6.03 Å². The third kappa shape index (κ3) is 5.11. The number of amides is 2. The molecule has 1 atom stereocenters. The van der Waals surface area contributed by atoms with Crippen molar-refractivity contribution in [3.63, 3.8) is 0 Å². The molecule has 1 unspecified atom stereocenters. The number of aromatic nitrogens is 2. The van der Waals surface area contributed by atoms with Crippen molar-refractivity contribution in [2.75, 3.05) is 18.5 Å². The van der Waals surface area contributed by atoms with Gasteiger partial charge < -0.3 is 14.9 Å². The number of oxime groups is 1. The molecule has 0 aliphatic carbocycles. The number of urea groups is 1. The summed E-state index contributed by atoms with van der Waals surface area (Å²) in [4.78, 5) is 25.2. The second-order valence-corrected chi connectivity index (χ2v) is 6.64. The summed E-state index contributed by atoms with van der Waals surface area (Å²) in [6.07, 6.45) is 3.48. The van der Waals surface area contributed by atoms with Gasteiger partial charge in [0.1, 0.15) is 12.4 Å². The lowest BCUT2D eigenvalue weighted by Gasteiger charge is -2.14. The Labute approximate surface area is 174 Å². The minimum atomic E-state index is -0.402. The Balaban J connectivity index is 1.24. The summed E-state index contributed by atoms with van der Waals surface area (Å²) in [6, 6.07) is 19.3. The number of rotatable bonds is 7. The largest absolute Gasteiger partial charge is 0.489 e. The maximum Gasteiger partial charge on any atom is 0.321 e. The summed E-state index contributed by atoms with van der Waals surface area (Å²) in [6.45, 7) is 0.636. The zero-order valence-corrected chi connectivity index (χ0v) is 16.2. The van der Waals surface area contributed by atoms with Crippen LogP contribution >= 0.6 is 0 Å². The van der Waals surface area contributed by atoms with Crippen LogP contribution in [0.1, 0.15) is 6.42 Å². The maximum absolute atomic E-state index is 11.9. The molecule has 2 N–H and O–H groups in total. The first-order chi connectivity index (χ1) is 14.8. The van der Waals surface area contributed by atoms with Crippen molar-refractivity contribution >= 4 is 17.7 Å². The van der Waals surface area contributed by atoms with Crippen LogP contribution in [0.2, 0.25) is 0 Å². The molecular formula is C22H21N5O3. The van der Waals surface area contributed by atoms with Crippen LogP contribution in [-0.2, 0) is 4.84 Å². The Morgan fingerprint density at radius 2 is 1.80 bits per heavy atom. The summed E-state index contributed by atoms with van der Waals surface area (Å²) in [7, 11) is 0. The highest BCUT2D eigenvalue weighted by molar-refractivity contribution is 5.93. The van der Waals surface area contributed by atoms with Gasteiger partial charge in [0.05, 0.1) is 12.3 Å². The molecule has 1 aliphatic heterocycles. The molecule has 4 rings (SSSR count). The van der Waals surface area contributed by atoms with E-state index >= 15 is 0 Å². The Kier molecular flexibility index (Phi) is 6.14. The zero-order chi connectivity index (χ0) is 20.6. The van der Waals surface area contributed by atoms with Gasteiger partial charge in [-0.25, -0.2) is 14.8 Å². The van der Waals surface area contributed by atoms with Gasteiger partial charge in [0.2, 0.25) is 5.95 Å². The Morgan fingerprint density at radius 3 is 2.63 bits per heavy atom. The average Bonchev–Trinajstić information content (AvgIpc) is 3.26. The predicted molar refractivity (Wildman–Crippen MR) is 113 cm³/mol. The fourth-order valence-electron chi connectivity index (χ4n) is 3.00. The normalized spacial score (nSPS) is 15.1. The standard InChI is InChI=1S/C22H21N5O3/c28-22(26-21-23-11-6-12-24-21)25-14-17-13-18(30-27-17)15-29-20-10-5-4-9-19(20)16-7-2-1-3-8-16/h1-12,18H,13-15H2,(H2,23,24,25,26,28). The third-order valence-corrected chi connectivity index (χ3v) is 4.43. The number of benzene rings is 2. The monoisotopic (exact) mass is 403 g/mol. The number of hydrogen-bond donors (Lipinski definition) is 2. The molecule has 1 aliphatic rings. The van der Waals surface area contributed by atoms with E-state index in [-0.39, 0.29) is 18.6 Å². The number of nitrogens with zero attached hydrogens (tertiary/aromatic N) is 3. The lowest BCUT2D eigenvalue weighted by molar-refractivity contribution is 0.0472. The summed E-state index contributed by atoms with van der Waals surface area (Å²) < 4.78 is 6.01. The number of para-hydroxylation sites is 1. The minimum Gasteiger partial charge on any atom is -0.489 e. The Morgan fingerprint density at radius 1 is 1.03 bits per heavy atom. The molecule has 152 valence electrons. The third-order valence-electron chi connectivity index (χ3n) is 4.43. The molecule has 2 amide bonds. The smallest absolute Gasteiger partial charge is 0.321 e. The number of anilines is 1. The van der Waals surface area contributed by atoms with Gasteiger partial charge >= 0.3 is 6.03 Å². The van der Waals surface area contributed by atoms with E-state index in [4.69, 9.17) is 9.57 Å². The van der Waals surface area contributed by atoms with Gasteiger partial charge in [-0.2, -0.15) is 0 Å². The zero-order valence-electron chi connectivity index (χ0n) is 16.2. The van der Waals surface area contributed by atoms with Gasteiger partial charge in [0, 0.05) is 24.4 Å². The first-order valence-electron chi connectivity index (χ1n) is 9.58. The van der Waals surface area contributed by atoms with E-state index in [1.165, 1.54) is 0 Å². The van der Waals surface area contributed by atoms with Crippen molar-refractivity contribution in [3.8, 4) is 16.9 Å². The summed E-state index contributed by atoms with van der Waals surface area (Å²) in [5.74, 6) is 1.03.